The highest BCUT2D eigenvalue weighted by molar-refractivity contribution is 7.99. The number of nitrogens with zero attached hydrogens (tertiary/aromatic N) is 3. The molecule has 1 unspecified atom stereocenters. The van der Waals surface area contributed by atoms with E-state index in [4.69, 9.17) is 0 Å². The molecule has 0 fully saturated rings. The van der Waals surface area contributed by atoms with Crippen LogP contribution in [0.5, 0.6) is 0 Å². The Morgan fingerprint density at radius 3 is 2.29 bits per heavy atom. The highest BCUT2D eigenvalue weighted by atomic mass is 32.2. The number of benzene rings is 4. The fourth-order valence-corrected chi connectivity index (χ4v) is 10.9. The summed E-state index contributed by atoms with van der Waals surface area (Å²) in [6, 6.07) is 32.3. The Bertz CT molecular complexity index is 2270. The van der Waals surface area contributed by atoms with Crippen molar-refractivity contribution < 1.29 is 9.13 Å². The first kappa shape index (κ1) is 26.1. The van der Waals surface area contributed by atoms with Crippen LogP contribution in [0.2, 0.25) is 0 Å². The van der Waals surface area contributed by atoms with E-state index in [0.29, 0.717) is 0 Å². The molecule has 3 aliphatic heterocycles. The van der Waals surface area contributed by atoms with Gasteiger partial charge in [-0.2, -0.15) is 13.7 Å². The first-order valence-corrected chi connectivity index (χ1v) is 17.2. The van der Waals surface area contributed by atoms with Gasteiger partial charge in [-0.25, -0.2) is 0 Å². The molecule has 4 aliphatic rings. The third kappa shape index (κ3) is 2.88. The van der Waals surface area contributed by atoms with Gasteiger partial charge in [-0.3, -0.25) is 0 Å². The lowest BCUT2D eigenvalue weighted by Gasteiger charge is -2.43. The molecule has 4 heteroatoms. The zero-order chi connectivity index (χ0) is 30.6. The zero-order valence-electron chi connectivity index (χ0n) is 26.8. The number of hydrogen-bond acceptors (Lipinski definition) is 1. The second-order valence-electron chi connectivity index (χ2n) is 15.0. The van der Waals surface area contributed by atoms with Crippen molar-refractivity contribution in [1.82, 2.24) is 4.57 Å². The predicted octanol–water partition coefficient (Wildman–Crippen LogP) is 8.76. The molecule has 0 saturated heterocycles. The van der Waals surface area contributed by atoms with Crippen LogP contribution in [-0.2, 0) is 16.4 Å². The number of pyridine rings is 1. The number of fused-ring (bicyclic) bond motifs is 9. The molecular weight excluding hydrogens is 567 g/mol. The average molecular weight is 604 g/mol. The van der Waals surface area contributed by atoms with Crippen LogP contribution in [0.25, 0.3) is 33.7 Å². The number of para-hydroxylation sites is 2. The molecule has 0 saturated carbocycles. The zero-order valence-corrected chi connectivity index (χ0v) is 27.6. The minimum atomic E-state index is -0.528. The summed E-state index contributed by atoms with van der Waals surface area (Å²) >= 11 is 2.02. The summed E-state index contributed by atoms with van der Waals surface area (Å²) in [4.78, 5) is 2.82. The van der Waals surface area contributed by atoms with Crippen molar-refractivity contribution in [3.05, 3.63) is 130 Å². The minimum absolute atomic E-state index is 0.0898. The van der Waals surface area contributed by atoms with Gasteiger partial charge in [-0.05, 0) is 90.1 Å². The van der Waals surface area contributed by atoms with Gasteiger partial charge in [0.25, 0.3) is 0 Å². The Balaban J connectivity index is 1.52. The summed E-state index contributed by atoms with van der Waals surface area (Å²) < 4.78 is 7.94. The van der Waals surface area contributed by atoms with E-state index in [9.17, 15) is 0 Å². The van der Waals surface area contributed by atoms with Gasteiger partial charge in [0.15, 0.2) is 22.9 Å². The molecule has 0 bridgehead atoms. The van der Waals surface area contributed by atoms with Gasteiger partial charge in [0.2, 0.25) is 5.69 Å². The minimum Gasteiger partial charge on any atom is -0.184 e. The Labute approximate surface area is 269 Å². The van der Waals surface area contributed by atoms with E-state index in [1.54, 1.807) is 5.56 Å². The number of imidazole rings is 1. The van der Waals surface area contributed by atoms with Crippen LogP contribution >= 0.6 is 11.8 Å². The van der Waals surface area contributed by atoms with Gasteiger partial charge < -0.3 is 0 Å². The first-order chi connectivity index (χ1) is 21.7. The largest absolute Gasteiger partial charge is 0.352 e. The molecule has 0 amide bonds. The van der Waals surface area contributed by atoms with Crippen molar-refractivity contribution in [1.29, 1.82) is 0 Å². The summed E-state index contributed by atoms with van der Waals surface area (Å²) in [5, 5.41) is 0. The van der Waals surface area contributed by atoms with Crippen molar-refractivity contribution in [2.24, 2.45) is 0 Å². The van der Waals surface area contributed by atoms with Crippen molar-refractivity contribution in [3.63, 3.8) is 0 Å². The average Bonchev–Trinajstić information content (AvgIpc) is 3.62. The molecule has 3 nitrogen and oxygen atoms in total. The molecule has 6 aromatic rings. The molecule has 0 radical (unpaired) electrons. The quantitative estimate of drug-likeness (QED) is 0.171. The number of aromatic nitrogens is 3. The topological polar surface area (TPSA) is 12.7 Å². The van der Waals surface area contributed by atoms with E-state index in [2.05, 4.69) is 146 Å². The Morgan fingerprint density at radius 2 is 1.47 bits per heavy atom. The summed E-state index contributed by atoms with van der Waals surface area (Å²) in [5.74, 6) is 1.32. The van der Waals surface area contributed by atoms with Crippen LogP contribution in [0.1, 0.15) is 79.7 Å². The van der Waals surface area contributed by atoms with E-state index in [1.165, 1.54) is 89.9 Å². The van der Waals surface area contributed by atoms with E-state index in [0.717, 1.165) is 0 Å². The molecule has 1 atom stereocenters. The molecule has 1 aliphatic carbocycles. The molecule has 1 spiro atoms. The standard InChI is InChI=1S/C41H37N3S/c1-24-13-11-14-25(2)34(24)43-31-18-12-19-32-36(31)44-35-29(23-28-33(37(35)45-32)40(5,6)21-20-39(28,3)4)41(38(43)44)27-16-8-7-15-26(27)30-17-9-10-22-42(30)41/h7-19,22-23H,20-21H2,1-6H3/q+2. The van der Waals surface area contributed by atoms with Crippen LogP contribution in [0.15, 0.2) is 101 Å². The van der Waals surface area contributed by atoms with Crippen LogP contribution in [0, 0.1) is 13.8 Å². The van der Waals surface area contributed by atoms with Crippen LogP contribution < -0.4 is 9.13 Å². The summed E-state index contributed by atoms with van der Waals surface area (Å²) in [6.07, 6.45) is 4.73. The lowest BCUT2D eigenvalue weighted by atomic mass is 9.62. The normalized spacial score (nSPS) is 20.4. The number of hydrogen-bond donors (Lipinski definition) is 0. The fraction of sp³-hybridized carbons (Fsp3) is 0.268. The molecule has 45 heavy (non-hydrogen) atoms. The van der Waals surface area contributed by atoms with E-state index < -0.39 is 5.54 Å². The van der Waals surface area contributed by atoms with Gasteiger partial charge >= 0.3 is 11.4 Å². The Hall–Kier alpha value is -4.15. The van der Waals surface area contributed by atoms with Gasteiger partial charge in [0.1, 0.15) is 5.69 Å². The van der Waals surface area contributed by atoms with Crippen molar-refractivity contribution in [3.8, 4) is 22.6 Å². The maximum atomic E-state index is 2.70. The monoisotopic (exact) mass is 603 g/mol. The van der Waals surface area contributed by atoms with Gasteiger partial charge in [-0.15, -0.1) is 0 Å². The Kier molecular flexibility index (Phi) is 4.73. The van der Waals surface area contributed by atoms with Crippen molar-refractivity contribution in [2.75, 3.05) is 0 Å². The maximum absolute atomic E-state index is 2.70. The second kappa shape index (κ2) is 8.16. The third-order valence-corrected chi connectivity index (χ3v) is 12.7. The van der Waals surface area contributed by atoms with Crippen LogP contribution in [0.4, 0.5) is 0 Å². The van der Waals surface area contributed by atoms with Crippen molar-refractivity contribution >= 4 is 22.8 Å². The summed E-state index contributed by atoms with van der Waals surface area (Å²) in [5.41, 5.74) is 16.0. The second-order valence-corrected chi connectivity index (χ2v) is 16.0. The number of rotatable bonds is 1. The highest BCUT2D eigenvalue weighted by Crippen LogP contribution is 2.60. The Morgan fingerprint density at radius 1 is 0.733 bits per heavy atom. The SMILES string of the molecule is Cc1cccc(C)c1-n1c2[n+]3c4c(cccc41)Sc1c-3c(cc3c1C(C)(C)CCC3(C)C)C21c2ccccc2-c2cccc[n+]21. The lowest BCUT2D eigenvalue weighted by molar-refractivity contribution is -0.733. The smallest absolute Gasteiger partial charge is 0.184 e. The maximum Gasteiger partial charge on any atom is 0.352 e. The van der Waals surface area contributed by atoms with Crippen molar-refractivity contribution in [2.45, 2.75) is 80.5 Å². The summed E-state index contributed by atoms with van der Waals surface area (Å²) in [7, 11) is 0. The van der Waals surface area contributed by atoms with Gasteiger partial charge in [0, 0.05) is 12.1 Å². The van der Waals surface area contributed by atoms with Crippen LogP contribution in [0.3, 0.4) is 0 Å². The molecule has 2 aromatic heterocycles. The molecule has 5 heterocycles. The molecular formula is C41H37N3S+2. The molecule has 10 rings (SSSR count). The van der Waals surface area contributed by atoms with Crippen LogP contribution in [-0.4, -0.2) is 4.57 Å². The van der Waals surface area contributed by atoms with E-state index >= 15 is 0 Å². The predicted molar refractivity (Wildman–Crippen MR) is 181 cm³/mol. The molecule has 0 N–H and O–H groups in total. The fourth-order valence-electron chi connectivity index (χ4n) is 9.42. The van der Waals surface area contributed by atoms with E-state index in [1.807, 2.05) is 11.8 Å². The number of aryl methyl sites for hydroxylation is 2. The summed E-state index contributed by atoms with van der Waals surface area (Å²) in [6.45, 7) is 14.5. The first-order valence-electron chi connectivity index (χ1n) is 16.3. The third-order valence-electron chi connectivity index (χ3n) is 11.5. The molecule has 4 aromatic carbocycles. The van der Waals surface area contributed by atoms with Gasteiger partial charge in [-0.1, -0.05) is 81.9 Å². The molecule has 220 valence electrons. The van der Waals surface area contributed by atoms with Gasteiger partial charge in [0.05, 0.1) is 26.5 Å². The lowest BCUT2D eigenvalue weighted by Crippen LogP contribution is -2.57. The highest BCUT2D eigenvalue weighted by Gasteiger charge is 2.69. The van der Waals surface area contributed by atoms with E-state index in [-0.39, 0.29) is 10.8 Å².